The van der Waals surface area contributed by atoms with Crippen molar-refractivity contribution in [3.05, 3.63) is 29.8 Å². The van der Waals surface area contributed by atoms with E-state index in [1.165, 1.54) is 0 Å². The van der Waals surface area contributed by atoms with Crippen molar-refractivity contribution in [3.8, 4) is 0 Å². The first-order valence-electron chi connectivity index (χ1n) is 7.53. The Morgan fingerprint density at radius 2 is 2.26 bits per heavy atom. The van der Waals surface area contributed by atoms with Crippen LogP contribution in [0.1, 0.15) is 18.9 Å². The van der Waals surface area contributed by atoms with Crippen LogP contribution in [0.4, 0.5) is 5.69 Å². The highest BCUT2D eigenvalue weighted by Gasteiger charge is 2.17. The molecule has 1 aliphatic rings. The van der Waals surface area contributed by atoms with Crippen LogP contribution in [0.3, 0.4) is 0 Å². The number of esters is 1. The maximum atomic E-state index is 12.0. The van der Waals surface area contributed by atoms with Crippen LogP contribution in [0.2, 0.25) is 0 Å². The van der Waals surface area contributed by atoms with E-state index in [4.69, 9.17) is 9.47 Å². The Morgan fingerprint density at radius 3 is 2.96 bits per heavy atom. The van der Waals surface area contributed by atoms with E-state index in [0.29, 0.717) is 31.9 Å². The summed E-state index contributed by atoms with van der Waals surface area (Å²) in [7, 11) is 0. The minimum atomic E-state index is -0.269. The number of nitrogens with one attached hydrogen (secondary N) is 2. The number of hydrogen-bond donors (Lipinski definition) is 2. The maximum Gasteiger partial charge on any atom is 0.310 e. The molecule has 0 bridgehead atoms. The molecule has 0 radical (unpaired) electrons. The first kappa shape index (κ1) is 19.4. The number of ether oxygens (including phenoxy) is 2. The summed E-state index contributed by atoms with van der Waals surface area (Å²) >= 11 is 0. The van der Waals surface area contributed by atoms with Gasteiger partial charge in [-0.1, -0.05) is 12.1 Å². The average molecular weight is 343 g/mol. The van der Waals surface area contributed by atoms with Gasteiger partial charge in [-0.15, -0.1) is 12.4 Å². The van der Waals surface area contributed by atoms with Gasteiger partial charge in [-0.05, 0) is 24.6 Å². The van der Waals surface area contributed by atoms with Crippen LogP contribution < -0.4 is 10.6 Å². The number of benzene rings is 1. The topological polar surface area (TPSA) is 76.7 Å². The molecule has 2 rings (SSSR count). The molecule has 1 fully saturated rings. The van der Waals surface area contributed by atoms with Crippen molar-refractivity contribution >= 4 is 30.0 Å². The number of morpholine rings is 1. The van der Waals surface area contributed by atoms with E-state index in [0.717, 1.165) is 12.1 Å². The smallest absolute Gasteiger partial charge is 0.310 e. The van der Waals surface area contributed by atoms with Gasteiger partial charge in [0.2, 0.25) is 5.91 Å². The van der Waals surface area contributed by atoms with Crippen LogP contribution in [-0.4, -0.2) is 44.3 Å². The Bertz CT molecular complexity index is 519. The van der Waals surface area contributed by atoms with Crippen molar-refractivity contribution in [3.63, 3.8) is 0 Å². The average Bonchev–Trinajstić information content (AvgIpc) is 2.48. The van der Waals surface area contributed by atoms with Crippen molar-refractivity contribution in [2.45, 2.75) is 25.8 Å². The van der Waals surface area contributed by atoms with Crippen molar-refractivity contribution in [2.24, 2.45) is 0 Å². The normalized spacial score (nSPS) is 17.0. The number of halogens is 1. The Morgan fingerprint density at radius 1 is 1.43 bits per heavy atom. The third kappa shape index (κ3) is 6.99. The van der Waals surface area contributed by atoms with E-state index in [2.05, 4.69) is 10.6 Å². The molecule has 1 heterocycles. The van der Waals surface area contributed by atoms with Gasteiger partial charge in [0.15, 0.2) is 0 Å². The summed E-state index contributed by atoms with van der Waals surface area (Å²) in [5.41, 5.74) is 1.50. The fourth-order valence-electron chi connectivity index (χ4n) is 2.32. The summed E-state index contributed by atoms with van der Waals surface area (Å²) in [6.07, 6.45) is 0.567. The highest BCUT2D eigenvalue weighted by Crippen LogP contribution is 2.12. The third-order valence-electron chi connectivity index (χ3n) is 3.29. The first-order chi connectivity index (χ1) is 10.7. The first-order valence-corrected chi connectivity index (χ1v) is 7.53. The summed E-state index contributed by atoms with van der Waals surface area (Å²) in [6, 6.07) is 7.29. The quantitative estimate of drug-likeness (QED) is 0.767. The van der Waals surface area contributed by atoms with E-state index in [-0.39, 0.29) is 36.7 Å². The van der Waals surface area contributed by atoms with Crippen LogP contribution in [0.15, 0.2) is 24.3 Å². The van der Waals surface area contributed by atoms with E-state index in [9.17, 15) is 9.59 Å². The van der Waals surface area contributed by atoms with E-state index in [1.807, 2.05) is 12.1 Å². The second kappa shape index (κ2) is 10.2. The minimum absolute atomic E-state index is 0. The molecule has 23 heavy (non-hydrogen) atoms. The number of rotatable bonds is 6. The summed E-state index contributed by atoms with van der Waals surface area (Å²) in [4.78, 5) is 23.5. The molecule has 1 amide bonds. The zero-order valence-electron chi connectivity index (χ0n) is 13.2. The van der Waals surface area contributed by atoms with Crippen LogP contribution >= 0.6 is 12.4 Å². The molecule has 2 N–H and O–H groups in total. The number of amides is 1. The number of carbonyl (C=O) groups excluding carboxylic acids is 2. The monoisotopic (exact) mass is 342 g/mol. The molecule has 1 aromatic carbocycles. The Hall–Kier alpha value is -1.63. The van der Waals surface area contributed by atoms with Gasteiger partial charge < -0.3 is 20.1 Å². The molecule has 1 saturated heterocycles. The lowest BCUT2D eigenvalue weighted by molar-refractivity contribution is -0.142. The highest BCUT2D eigenvalue weighted by atomic mass is 35.5. The molecule has 0 saturated carbocycles. The number of hydrogen-bond acceptors (Lipinski definition) is 5. The number of carbonyl (C=O) groups is 2. The third-order valence-corrected chi connectivity index (χ3v) is 3.29. The fourth-order valence-corrected chi connectivity index (χ4v) is 2.32. The van der Waals surface area contributed by atoms with Crippen LogP contribution in [0.5, 0.6) is 0 Å². The second-order valence-corrected chi connectivity index (χ2v) is 5.16. The highest BCUT2D eigenvalue weighted by molar-refractivity contribution is 5.91. The lowest BCUT2D eigenvalue weighted by Gasteiger charge is -2.23. The van der Waals surface area contributed by atoms with Gasteiger partial charge in [0.1, 0.15) is 0 Å². The summed E-state index contributed by atoms with van der Waals surface area (Å²) < 4.78 is 10.2. The van der Waals surface area contributed by atoms with Crippen molar-refractivity contribution < 1.29 is 19.1 Å². The van der Waals surface area contributed by atoms with Crippen molar-refractivity contribution in [1.82, 2.24) is 5.32 Å². The molecule has 0 aliphatic carbocycles. The van der Waals surface area contributed by atoms with Gasteiger partial charge >= 0.3 is 5.97 Å². The minimum Gasteiger partial charge on any atom is -0.466 e. The standard InChI is InChI=1S/C16H22N2O4.ClH/c1-2-22-16(20)9-12-4-3-5-13(8-12)18-15(19)10-14-11-21-7-6-17-14;/h3-5,8,14,17H,2,6-7,9-11H2,1H3,(H,18,19);1H. The zero-order chi connectivity index (χ0) is 15.8. The van der Waals surface area contributed by atoms with Gasteiger partial charge in [-0.3, -0.25) is 9.59 Å². The van der Waals surface area contributed by atoms with Crippen molar-refractivity contribution in [1.29, 1.82) is 0 Å². The predicted molar refractivity (Wildman–Crippen MR) is 89.9 cm³/mol. The molecule has 6 nitrogen and oxygen atoms in total. The predicted octanol–water partition coefficient (Wildman–Crippen LogP) is 1.53. The van der Waals surface area contributed by atoms with E-state index < -0.39 is 0 Å². The van der Waals surface area contributed by atoms with Crippen LogP contribution in [-0.2, 0) is 25.5 Å². The molecule has 1 unspecified atom stereocenters. The zero-order valence-corrected chi connectivity index (χ0v) is 14.0. The van der Waals surface area contributed by atoms with Gasteiger partial charge in [0, 0.05) is 24.7 Å². The largest absolute Gasteiger partial charge is 0.466 e. The van der Waals surface area contributed by atoms with Gasteiger partial charge in [-0.25, -0.2) is 0 Å². The molecular weight excluding hydrogens is 320 g/mol. The maximum absolute atomic E-state index is 12.0. The molecule has 128 valence electrons. The Balaban J connectivity index is 0.00000264. The van der Waals surface area contributed by atoms with Crippen molar-refractivity contribution in [2.75, 3.05) is 31.7 Å². The Kier molecular flexibility index (Phi) is 8.61. The van der Waals surface area contributed by atoms with E-state index >= 15 is 0 Å². The second-order valence-electron chi connectivity index (χ2n) is 5.16. The molecule has 1 atom stereocenters. The summed E-state index contributed by atoms with van der Waals surface area (Å²) in [6.45, 7) is 4.15. The van der Waals surface area contributed by atoms with Gasteiger partial charge in [0.25, 0.3) is 0 Å². The molecule has 1 aliphatic heterocycles. The Labute approximate surface area is 142 Å². The van der Waals surface area contributed by atoms with Gasteiger partial charge in [0.05, 0.1) is 26.2 Å². The fraction of sp³-hybridized carbons (Fsp3) is 0.500. The molecule has 7 heteroatoms. The lowest BCUT2D eigenvalue weighted by atomic mass is 10.1. The summed E-state index contributed by atoms with van der Waals surface area (Å²) in [5, 5.41) is 6.09. The lowest BCUT2D eigenvalue weighted by Crippen LogP contribution is -2.43. The molecular formula is C16H23ClN2O4. The SMILES string of the molecule is CCOC(=O)Cc1cccc(NC(=O)CC2COCCN2)c1.Cl. The van der Waals surface area contributed by atoms with Crippen LogP contribution in [0.25, 0.3) is 0 Å². The van der Waals surface area contributed by atoms with E-state index in [1.54, 1.807) is 19.1 Å². The van der Waals surface area contributed by atoms with Crippen LogP contribution in [0, 0.1) is 0 Å². The molecule has 0 spiro atoms. The molecule has 0 aromatic heterocycles. The number of anilines is 1. The molecule has 1 aromatic rings. The summed E-state index contributed by atoms with van der Waals surface area (Å²) in [5.74, 6) is -0.342. The van der Waals surface area contributed by atoms with Gasteiger partial charge in [-0.2, -0.15) is 0 Å².